The molecule has 0 saturated heterocycles. The van der Waals surface area contributed by atoms with E-state index in [9.17, 15) is 14.0 Å². The molecule has 5 heteroatoms. The van der Waals surface area contributed by atoms with Gasteiger partial charge in [0.1, 0.15) is 5.82 Å². The number of Topliss-reactive ketones (excluding diaryl/α,β-unsaturated/α-hetero) is 1. The fourth-order valence-electron chi connectivity index (χ4n) is 1.98. The first kappa shape index (κ1) is 11.3. The van der Waals surface area contributed by atoms with Gasteiger partial charge in [-0.05, 0) is 13.0 Å². The second kappa shape index (κ2) is 3.69. The van der Waals surface area contributed by atoms with Gasteiger partial charge in [-0.25, -0.2) is 9.18 Å². The number of halogens is 1. The van der Waals surface area contributed by atoms with Crippen molar-refractivity contribution in [1.29, 1.82) is 0 Å². The van der Waals surface area contributed by atoms with E-state index in [1.807, 2.05) is 0 Å². The van der Waals surface area contributed by atoms with Crippen LogP contribution in [0.2, 0.25) is 0 Å². The highest BCUT2D eigenvalue weighted by atomic mass is 19.1. The molecular formula is C12H10FNO3. The van der Waals surface area contributed by atoms with E-state index >= 15 is 0 Å². The molecule has 1 heterocycles. The van der Waals surface area contributed by atoms with Crippen LogP contribution in [0.25, 0.3) is 10.9 Å². The van der Waals surface area contributed by atoms with Crippen LogP contribution < -0.4 is 0 Å². The van der Waals surface area contributed by atoms with Crippen LogP contribution in [0.5, 0.6) is 0 Å². The second-order valence-corrected chi connectivity index (χ2v) is 3.79. The maximum Gasteiger partial charge on any atom is 0.377 e. The summed E-state index contributed by atoms with van der Waals surface area (Å²) in [7, 11) is 1.60. The Bertz CT molecular complexity index is 643. The molecule has 17 heavy (non-hydrogen) atoms. The normalized spacial score (nSPS) is 10.8. The molecule has 2 rings (SSSR count). The number of hydrogen-bond donors (Lipinski definition) is 1. The lowest BCUT2D eigenvalue weighted by molar-refractivity contribution is -0.131. The van der Waals surface area contributed by atoms with E-state index in [0.29, 0.717) is 11.1 Å². The van der Waals surface area contributed by atoms with E-state index in [1.165, 1.54) is 16.7 Å². The van der Waals surface area contributed by atoms with E-state index < -0.39 is 17.6 Å². The topological polar surface area (TPSA) is 59.3 Å². The highest BCUT2D eigenvalue weighted by Gasteiger charge is 2.24. The first-order valence-electron chi connectivity index (χ1n) is 4.96. The lowest BCUT2D eigenvalue weighted by atomic mass is 10.1. The van der Waals surface area contributed by atoms with Gasteiger partial charge in [-0.15, -0.1) is 0 Å². The highest BCUT2D eigenvalue weighted by molar-refractivity contribution is 6.42. The van der Waals surface area contributed by atoms with E-state index in [0.717, 1.165) is 0 Å². The summed E-state index contributed by atoms with van der Waals surface area (Å²) in [6.07, 6.45) is 0. The average molecular weight is 235 g/mol. The van der Waals surface area contributed by atoms with Gasteiger partial charge in [-0.1, -0.05) is 12.1 Å². The van der Waals surface area contributed by atoms with Gasteiger partial charge < -0.3 is 9.67 Å². The Morgan fingerprint density at radius 3 is 2.59 bits per heavy atom. The number of carboxylic acid groups (broad SMARTS) is 1. The number of aryl methyl sites for hydroxylation is 1. The van der Waals surface area contributed by atoms with Gasteiger partial charge in [-0.2, -0.15) is 0 Å². The molecule has 4 nitrogen and oxygen atoms in total. The molecule has 0 spiro atoms. The number of nitrogens with zero attached hydrogens (tertiary/aromatic N) is 1. The molecular weight excluding hydrogens is 225 g/mol. The number of benzene rings is 1. The first-order chi connectivity index (χ1) is 7.95. The molecule has 88 valence electrons. The molecule has 1 N–H and O–H groups in total. The van der Waals surface area contributed by atoms with Gasteiger partial charge in [-0.3, -0.25) is 4.79 Å². The summed E-state index contributed by atoms with van der Waals surface area (Å²) in [5.41, 5.74) is 0.738. The quantitative estimate of drug-likeness (QED) is 0.638. The van der Waals surface area contributed by atoms with Crippen molar-refractivity contribution < 1.29 is 19.1 Å². The van der Waals surface area contributed by atoms with Crippen LogP contribution >= 0.6 is 0 Å². The summed E-state index contributed by atoms with van der Waals surface area (Å²) in [4.78, 5) is 22.3. The van der Waals surface area contributed by atoms with Crippen molar-refractivity contribution in [2.24, 2.45) is 7.05 Å². The van der Waals surface area contributed by atoms with Gasteiger partial charge >= 0.3 is 5.97 Å². The SMILES string of the molecule is Cc1c(C(=O)C(=O)O)c2cccc(F)c2n1C. The monoisotopic (exact) mass is 235 g/mol. The number of rotatable bonds is 2. The van der Waals surface area contributed by atoms with Crippen LogP contribution in [0.1, 0.15) is 16.1 Å². The molecule has 1 aromatic heterocycles. The van der Waals surface area contributed by atoms with Crippen LogP contribution in [0.15, 0.2) is 18.2 Å². The largest absolute Gasteiger partial charge is 0.475 e. The van der Waals surface area contributed by atoms with E-state index in [-0.39, 0.29) is 11.1 Å². The smallest absolute Gasteiger partial charge is 0.377 e. The number of aliphatic carboxylic acids is 1. The standard InChI is InChI=1S/C12H10FNO3/c1-6-9(11(15)12(16)17)7-4-3-5-8(13)10(7)14(6)2/h3-5H,1-2H3,(H,16,17). The Morgan fingerprint density at radius 2 is 2.00 bits per heavy atom. The van der Waals surface area contributed by atoms with Crippen molar-refractivity contribution in [1.82, 2.24) is 4.57 Å². The zero-order valence-corrected chi connectivity index (χ0v) is 9.32. The fraction of sp³-hybridized carbons (Fsp3) is 0.167. The van der Waals surface area contributed by atoms with Gasteiger partial charge in [0, 0.05) is 18.1 Å². The van der Waals surface area contributed by atoms with Crippen molar-refractivity contribution in [3.63, 3.8) is 0 Å². The Morgan fingerprint density at radius 1 is 1.35 bits per heavy atom. The first-order valence-corrected chi connectivity index (χ1v) is 4.96. The predicted molar refractivity (Wildman–Crippen MR) is 59.6 cm³/mol. The number of ketones is 1. The summed E-state index contributed by atoms with van der Waals surface area (Å²) in [5, 5.41) is 9.08. The van der Waals surface area contributed by atoms with Crippen LogP contribution in [0.4, 0.5) is 4.39 Å². The lowest BCUT2D eigenvalue weighted by Gasteiger charge is -1.99. The zero-order chi connectivity index (χ0) is 12.7. The minimum atomic E-state index is -1.54. The Labute approximate surface area is 96.3 Å². The predicted octanol–water partition coefficient (Wildman–Crippen LogP) is 1.89. The van der Waals surface area contributed by atoms with E-state index in [2.05, 4.69) is 0 Å². The molecule has 0 unspecified atom stereocenters. The molecule has 0 atom stereocenters. The third kappa shape index (κ3) is 1.51. The van der Waals surface area contributed by atoms with Crippen molar-refractivity contribution in [2.45, 2.75) is 6.92 Å². The van der Waals surface area contributed by atoms with Crippen LogP contribution in [-0.4, -0.2) is 21.4 Å². The molecule has 0 fully saturated rings. The molecule has 0 aliphatic heterocycles. The molecule has 0 bridgehead atoms. The molecule has 0 saturated carbocycles. The fourth-order valence-corrected chi connectivity index (χ4v) is 1.98. The number of carbonyl (C=O) groups is 2. The van der Waals surface area contributed by atoms with Gasteiger partial charge in [0.05, 0.1) is 11.1 Å². The van der Waals surface area contributed by atoms with Crippen LogP contribution in [0, 0.1) is 12.7 Å². The number of para-hydroxylation sites is 1. The number of carbonyl (C=O) groups excluding carboxylic acids is 1. The summed E-state index contributed by atoms with van der Waals surface area (Å²) in [6.45, 7) is 1.59. The Kier molecular flexibility index (Phi) is 2.46. The van der Waals surface area contributed by atoms with E-state index in [4.69, 9.17) is 5.11 Å². The summed E-state index contributed by atoms with van der Waals surface area (Å²) in [5.74, 6) is -3.03. The van der Waals surface area contributed by atoms with Crippen molar-refractivity contribution in [3.8, 4) is 0 Å². The van der Waals surface area contributed by atoms with Crippen molar-refractivity contribution in [3.05, 3.63) is 35.3 Å². The van der Waals surface area contributed by atoms with Gasteiger partial charge in [0.25, 0.3) is 5.78 Å². The number of carboxylic acids is 1. The Hall–Kier alpha value is -2.17. The van der Waals surface area contributed by atoms with Crippen molar-refractivity contribution in [2.75, 3.05) is 0 Å². The van der Waals surface area contributed by atoms with Gasteiger partial charge in [0.15, 0.2) is 0 Å². The molecule has 1 aromatic carbocycles. The molecule has 2 aromatic rings. The third-order valence-electron chi connectivity index (χ3n) is 2.88. The molecule has 0 aliphatic carbocycles. The van der Waals surface area contributed by atoms with Crippen LogP contribution in [-0.2, 0) is 11.8 Å². The van der Waals surface area contributed by atoms with Crippen LogP contribution in [0.3, 0.4) is 0 Å². The average Bonchev–Trinajstić information content (AvgIpc) is 2.52. The maximum atomic E-state index is 13.6. The lowest BCUT2D eigenvalue weighted by Crippen LogP contribution is -2.13. The van der Waals surface area contributed by atoms with Gasteiger partial charge in [0.2, 0.25) is 0 Å². The number of aromatic nitrogens is 1. The van der Waals surface area contributed by atoms with E-state index in [1.54, 1.807) is 20.0 Å². The molecule has 0 radical (unpaired) electrons. The summed E-state index contributed by atoms with van der Waals surface area (Å²) >= 11 is 0. The summed E-state index contributed by atoms with van der Waals surface area (Å²) < 4.78 is 15.1. The highest BCUT2D eigenvalue weighted by Crippen LogP contribution is 2.27. The molecule has 0 aliphatic rings. The Balaban J connectivity index is 2.90. The minimum absolute atomic E-state index is 0.0505. The molecule has 0 amide bonds. The van der Waals surface area contributed by atoms with Crippen molar-refractivity contribution >= 4 is 22.7 Å². The summed E-state index contributed by atoms with van der Waals surface area (Å²) in [6, 6.07) is 4.27. The third-order valence-corrected chi connectivity index (χ3v) is 2.88. The number of fused-ring (bicyclic) bond motifs is 1. The minimum Gasteiger partial charge on any atom is -0.475 e. The second-order valence-electron chi connectivity index (χ2n) is 3.79. The zero-order valence-electron chi connectivity index (χ0n) is 9.32. The number of hydrogen-bond acceptors (Lipinski definition) is 2. The maximum absolute atomic E-state index is 13.6.